The zero-order valence-electron chi connectivity index (χ0n) is 19.5. The fourth-order valence-corrected chi connectivity index (χ4v) is 4.83. The Morgan fingerprint density at radius 2 is 1.54 bits per heavy atom. The van der Waals surface area contributed by atoms with Crippen LogP contribution in [0.3, 0.4) is 0 Å². The lowest BCUT2D eigenvalue weighted by molar-refractivity contribution is -0.140. The molecule has 7 nitrogen and oxygen atoms in total. The number of hydrogen-bond donors (Lipinski definition) is 1. The van der Waals surface area contributed by atoms with E-state index < -0.39 is 28.5 Å². The molecular weight excluding hydrogens is 556 g/mol. The minimum absolute atomic E-state index is 0.0206. The van der Waals surface area contributed by atoms with Crippen molar-refractivity contribution in [3.8, 4) is 0 Å². The van der Waals surface area contributed by atoms with E-state index in [0.717, 1.165) is 17.0 Å². The maximum absolute atomic E-state index is 13.6. The molecule has 0 heterocycles. The maximum Gasteiger partial charge on any atom is 0.244 e. The summed E-state index contributed by atoms with van der Waals surface area (Å²) in [6.45, 7) is 3.62. The number of hydrogen-bond acceptors (Lipinski definition) is 4. The molecule has 2 aromatic rings. The molecule has 1 atom stereocenters. The van der Waals surface area contributed by atoms with E-state index in [1.807, 2.05) is 6.92 Å². The first kappa shape index (κ1) is 29.5. The Labute approximate surface area is 226 Å². The SMILES string of the molecule is CCCNC(=O)C(CC)N(Cc1ccc(Cl)c(Cl)c1)C(=O)CN(c1ccc(Cl)c(Cl)c1)S(C)(=O)=O. The highest BCUT2D eigenvalue weighted by molar-refractivity contribution is 7.92. The Hall–Kier alpha value is -1.71. The number of halogens is 4. The highest BCUT2D eigenvalue weighted by Gasteiger charge is 2.31. The molecule has 0 aliphatic rings. The van der Waals surface area contributed by atoms with Crippen LogP contribution in [0.5, 0.6) is 0 Å². The van der Waals surface area contributed by atoms with E-state index in [-0.39, 0.29) is 28.2 Å². The summed E-state index contributed by atoms with van der Waals surface area (Å²) >= 11 is 24.2. The fraction of sp³-hybridized carbons (Fsp3) is 0.391. The molecule has 0 aliphatic heterocycles. The number of nitrogens with one attached hydrogen (secondary N) is 1. The van der Waals surface area contributed by atoms with Crippen molar-refractivity contribution in [2.24, 2.45) is 0 Å². The summed E-state index contributed by atoms with van der Waals surface area (Å²) in [5.74, 6) is -0.908. The lowest BCUT2D eigenvalue weighted by Crippen LogP contribution is -2.52. The average molecular weight is 583 g/mol. The zero-order chi connectivity index (χ0) is 26.3. The molecule has 192 valence electrons. The number of sulfonamides is 1. The van der Waals surface area contributed by atoms with Crippen LogP contribution in [0.25, 0.3) is 0 Å². The summed E-state index contributed by atoms with van der Waals surface area (Å²) < 4.78 is 26.1. The second-order valence-corrected chi connectivity index (χ2v) is 11.4. The lowest BCUT2D eigenvalue weighted by Gasteiger charge is -2.33. The third-order valence-electron chi connectivity index (χ3n) is 5.14. The second kappa shape index (κ2) is 13.0. The summed E-state index contributed by atoms with van der Waals surface area (Å²) in [4.78, 5) is 27.8. The normalized spacial score (nSPS) is 12.2. The van der Waals surface area contributed by atoms with Crippen molar-refractivity contribution >= 4 is 73.9 Å². The average Bonchev–Trinajstić information content (AvgIpc) is 2.79. The minimum atomic E-state index is -3.88. The van der Waals surface area contributed by atoms with Gasteiger partial charge in [0.15, 0.2) is 0 Å². The van der Waals surface area contributed by atoms with E-state index >= 15 is 0 Å². The van der Waals surface area contributed by atoms with Gasteiger partial charge in [-0.1, -0.05) is 66.3 Å². The summed E-state index contributed by atoms with van der Waals surface area (Å²) in [5.41, 5.74) is 0.808. The smallest absolute Gasteiger partial charge is 0.244 e. The summed E-state index contributed by atoms with van der Waals surface area (Å²) in [5, 5.41) is 3.85. The number of rotatable bonds is 11. The van der Waals surface area contributed by atoms with E-state index in [0.29, 0.717) is 28.6 Å². The molecule has 0 aliphatic carbocycles. The Kier molecular flexibility index (Phi) is 11.0. The van der Waals surface area contributed by atoms with Crippen molar-refractivity contribution in [3.05, 3.63) is 62.1 Å². The third-order valence-corrected chi connectivity index (χ3v) is 7.76. The summed E-state index contributed by atoms with van der Waals surface area (Å²) in [6, 6.07) is 8.33. The molecule has 35 heavy (non-hydrogen) atoms. The van der Waals surface area contributed by atoms with Crippen molar-refractivity contribution in [2.45, 2.75) is 39.3 Å². The van der Waals surface area contributed by atoms with Gasteiger partial charge in [-0.25, -0.2) is 8.42 Å². The van der Waals surface area contributed by atoms with Crippen LogP contribution in [0, 0.1) is 0 Å². The van der Waals surface area contributed by atoms with Crippen molar-refractivity contribution in [2.75, 3.05) is 23.7 Å². The Morgan fingerprint density at radius 3 is 2.06 bits per heavy atom. The predicted octanol–water partition coefficient (Wildman–Crippen LogP) is 5.40. The number of nitrogens with zero attached hydrogens (tertiary/aromatic N) is 2. The van der Waals surface area contributed by atoms with Gasteiger partial charge in [0.2, 0.25) is 21.8 Å². The van der Waals surface area contributed by atoms with Gasteiger partial charge in [0.25, 0.3) is 0 Å². The highest BCUT2D eigenvalue weighted by Crippen LogP contribution is 2.29. The topological polar surface area (TPSA) is 86.8 Å². The molecule has 1 N–H and O–H groups in total. The van der Waals surface area contributed by atoms with E-state index in [9.17, 15) is 18.0 Å². The molecular formula is C23H27Cl4N3O4S. The minimum Gasteiger partial charge on any atom is -0.354 e. The van der Waals surface area contributed by atoms with Crippen LogP contribution >= 0.6 is 46.4 Å². The van der Waals surface area contributed by atoms with Gasteiger partial charge >= 0.3 is 0 Å². The molecule has 0 aromatic heterocycles. The maximum atomic E-state index is 13.6. The Balaban J connectivity index is 2.46. The first-order valence-electron chi connectivity index (χ1n) is 10.8. The standard InChI is InChI=1S/C23H27Cl4N3O4S/c1-4-10-28-23(32)21(5-2)29(13-15-6-8-17(24)19(26)11-15)22(31)14-30(35(3,33)34)16-7-9-18(25)20(27)12-16/h6-9,11-12,21H,4-5,10,13-14H2,1-3H3,(H,28,32). The molecule has 0 saturated carbocycles. The van der Waals surface area contributed by atoms with E-state index in [2.05, 4.69) is 5.32 Å². The molecule has 2 aromatic carbocycles. The molecule has 12 heteroatoms. The number of amides is 2. The molecule has 2 amide bonds. The first-order valence-corrected chi connectivity index (χ1v) is 14.2. The third kappa shape index (κ3) is 8.15. The fourth-order valence-electron chi connectivity index (χ4n) is 3.37. The summed E-state index contributed by atoms with van der Waals surface area (Å²) in [7, 11) is -3.88. The molecule has 0 spiro atoms. The van der Waals surface area contributed by atoms with Gasteiger partial charge in [0.05, 0.1) is 32.0 Å². The summed E-state index contributed by atoms with van der Waals surface area (Å²) in [6.07, 6.45) is 2.02. The van der Waals surface area contributed by atoms with Gasteiger partial charge in [-0.2, -0.15) is 0 Å². The zero-order valence-corrected chi connectivity index (χ0v) is 23.4. The highest BCUT2D eigenvalue weighted by atomic mass is 35.5. The monoisotopic (exact) mass is 581 g/mol. The van der Waals surface area contributed by atoms with Gasteiger partial charge in [-0.05, 0) is 48.7 Å². The van der Waals surface area contributed by atoms with Gasteiger partial charge in [0.1, 0.15) is 12.6 Å². The van der Waals surface area contributed by atoms with Gasteiger partial charge in [-0.15, -0.1) is 0 Å². The lowest BCUT2D eigenvalue weighted by atomic mass is 10.1. The number of carbonyl (C=O) groups is 2. The van der Waals surface area contributed by atoms with Crippen LogP contribution in [-0.2, 0) is 26.2 Å². The van der Waals surface area contributed by atoms with Crippen molar-refractivity contribution < 1.29 is 18.0 Å². The van der Waals surface area contributed by atoms with Crippen molar-refractivity contribution in [1.82, 2.24) is 10.2 Å². The van der Waals surface area contributed by atoms with Gasteiger partial charge in [0, 0.05) is 13.1 Å². The number of benzene rings is 2. The molecule has 2 rings (SSSR count). The van der Waals surface area contributed by atoms with E-state index in [1.165, 1.54) is 23.1 Å². The molecule has 0 radical (unpaired) electrons. The van der Waals surface area contributed by atoms with Gasteiger partial charge in [-0.3, -0.25) is 13.9 Å². The van der Waals surface area contributed by atoms with Crippen LogP contribution in [0.2, 0.25) is 20.1 Å². The van der Waals surface area contributed by atoms with Crippen LogP contribution in [0.4, 0.5) is 5.69 Å². The van der Waals surface area contributed by atoms with E-state index in [4.69, 9.17) is 46.4 Å². The first-order chi connectivity index (χ1) is 16.4. The van der Waals surface area contributed by atoms with Crippen molar-refractivity contribution in [1.29, 1.82) is 0 Å². The molecule has 0 bridgehead atoms. The molecule has 0 saturated heterocycles. The van der Waals surface area contributed by atoms with Crippen LogP contribution < -0.4 is 9.62 Å². The van der Waals surface area contributed by atoms with E-state index in [1.54, 1.807) is 25.1 Å². The Morgan fingerprint density at radius 1 is 0.943 bits per heavy atom. The van der Waals surface area contributed by atoms with Crippen LogP contribution in [0.15, 0.2) is 36.4 Å². The van der Waals surface area contributed by atoms with Crippen LogP contribution in [-0.4, -0.2) is 50.5 Å². The second-order valence-electron chi connectivity index (χ2n) is 7.85. The number of anilines is 1. The van der Waals surface area contributed by atoms with Crippen LogP contribution in [0.1, 0.15) is 32.3 Å². The van der Waals surface area contributed by atoms with Gasteiger partial charge < -0.3 is 10.2 Å². The predicted molar refractivity (Wildman–Crippen MR) is 143 cm³/mol. The molecule has 0 fully saturated rings. The molecule has 1 unspecified atom stereocenters. The quantitative estimate of drug-likeness (QED) is 0.384. The van der Waals surface area contributed by atoms with Crippen molar-refractivity contribution in [3.63, 3.8) is 0 Å². The largest absolute Gasteiger partial charge is 0.354 e. The number of carbonyl (C=O) groups excluding carboxylic acids is 2. The Bertz CT molecular complexity index is 1180.